The first-order valence-electron chi connectivity index (χ1n) is 3.82. The number of carbonyl (C=O) groups is 1. The summed E-state index contributed by atoms with van der Waals surface area (Å²) in [7, 11) is 0. The molecule has 0 aliphatic carbocycles. The maximum absolute atomic E-state index is 11.5. The lowest BCUT2D eigenvalue weighted by Gasteiger charge is -1.97. The van der Waals surface area contributed by atoms with Crippen LogP contribution < -0.4 is 5.32 Å². The summed E-state index contributed by atoms with van der Waals surface area (Å²) >= 11 is 6.89. The molecule has 0 aliphatic rings. The predicted molar refractivity (Wildman–Crippen MR) is 55.9 cm³/mol. The highest BCUT2D eigenvalue weighted by Crippen LogP contribution is 2.22. The molecular formula is C8H6ClN3OS. The van der Waals surface area contributed by atoms with Gasteiger partial charge in [-0.3, -0.25) is 10.1 Å². The molecule has 0 atom stereocenters. The summed E-state index contributed by atoms with van der Waals surface area (Å²) in [4.78, 5) is 18.2. The largest absolute Gasteiger partial charge is 0.357 e. The highest BCUT2D eigenvalue weighted by molar-refractivity contribution is 7.19. The fourth-order valence-corrected chi connectivity index (χ4v) is 1.76. The fourth-order valence-electron chi connectivity index (χ4n) is 0.948. The van der Waals surface area contributed by atoms with E-state index in [1.54, 1.807) is 18.3 Å². The van der Waals surface area contributed by atoms with Crippen molar-refractivity contribution < 1.29 is 4.79 Å². The van der Waals surface area contributed by atoms with Gasteiger partial charge >= 0.3 is 0 Å². The predicted octanol–water partition coefficient (Wildman–Crippen LogP) is 2.38. The number of hydrogen-bond donors (Lipinski definition) is 2. The quantitative estimate of drug-likeness (QED) is 0.828. The van der Waals surface area contributed by atoms with E-state index in [-0.39, 0.29) is 5.91 Å². The third kappa shape index (κ3) is 1.94. The number of carbonyl (C=O) groups excluding carboxylic acids is 1. The van der Waals surface area contributed by atoms with Gasteiger partial charge in [-0.05, 0) is 12.1 Å². The van der Waals surface area contributed by atoms with Gasteiger partial charge in [0, 0.05) is 6.20 Å². The molecule has 4 nitrogen and oxygen atoms in total. The Hall–Kier alpha value is -1.33. The number of aromatic nitrogens is 2. The smallest absolute Gasteiger partial charge is 0.273 e. The molecule has 0 radical (unpaired) electrons. The van der Waals surface area contributed by atoms with E-state index >= 15 is 0 Å². The zero-order valence-corrected chi connectivity index (χ0v) is 8.52. The Morgan fingerprint density at radius 2 is 2.50 bits per heavy atom. The van der Waals surface area contributed by atoms with E-state index in [1.165, 1.54) is 17.5 Å². The van der Waals surface area contributed by atoms with Gasteiger partial charge < -0.3 is 4.98 Å². The Morgan fingerprint density at radius 3 is 3.07 bits per heavy atom. The van der Waals surface area contributed by atoms with Gasteiger partial charge in [0.1, 0.15) is 10.0 Å². The van der Waals surface area contributed by atoms with E-state index < -0.39 is 0 Å². The fraction of sp³-hybridized carbons (Fsp3) is 0. The van der Waals surface area contributed by atoms with E-state index in [9.17, 15) is 4.79 Å². The van der Waals surface area contributed by atoms with Crippen LogP contribution >= 0.6 is 22.9 Å². The van der Waals surface area contributed by atoms with Gasteiger partial charge in [0.05, 0.1) is 6.20 Å². The minimum atomic E-state index is -0.221. The van der Waals surface area contributed by atoms with E-state index in [2.05, 4.69) is 15.3 Å². The average Bonchev–Trinajstić information content (AvgIpc) is 2.75. The summed E-state index contributed by atoms with van der Waals surface area (Å²) in [6.07, 6.45) is 3.18. The molecule has 0 spiro atoms. The van der Waals surface area contributed by atoms with Crippen molar-refractivity contribution in [1.29, 1.82) is 0 Å². The topological polar surface area (TPSA) is 57.8 Å². The molecular weight excluding hydrogens is 222 g/mol. The van der Waals surface area contributed by atoms with Crippen LogP contribution in [0.5, 0.6) is 0 Å². The molecule has 2 aromatic heterocycles. The normalized spacial score (nSPS) is 10.1. The molecule has 0 aliphatic heterocycles. The molecule has 0 unspecified atom stereocenters. The molecule has 0 aromatic carbocycles. The first kappa shape index (κ1) is 9.23. The summed E-state index contributed by atoms with van der Waals surface area (Å²) in [6.45, 7) is 0. The van der Waals surface area contributed by atoms with Gasteiger partial charge in [0.15, 0.2) is 5.13 Å². The molecule has 0 saturated heterocycles. The van der Waals surface area contributed by atoms with Gasteiger partial charge in [0.25, 0.3) is 5.91 Å². The van der Waals surface area contributed by atoms with Crippen LogP contribution in [0, 0.1) is 0 Å². The van der Waals surface area contributed by atoms with Crippen LogP contribution in [-0.4, -0.2) is 15.9 Å². The minimum absolute atomic E-state index is 0.221. The molecule has 2 heterocycles. The highest BCUT2D eigenvalue weighted by Gasteiger charge is 2.08. The van der Waals surface area contributed by atoms with Crippen LogP contribution in [0.1, 0.15) is 10.5 Å². The van der Waals surface area contributed by atoms with Crippen LogP contribution in [0.4, 0.5) is 5.13 Å². The van der Waals surface area contributed by atoms with Crippen LogP contribution in [0.25, 0.3) is 0 Å². The molecule has 0 bridgehead atoms. The number of rotatable bonds is 2. The zero-order valence-electron chi connectivity index (χ0n) is 6.95. The standard InChI is InChI=1S/C8H6ClN3OS/c9-6-4-11-8(14-6)12-7(13)5-2-1-3-10-5/h1-4,10H,(H,11,12,13). The number of amides is 1. The van der Waals surface area contributed by atoms with Gasteiger partial charge in [-0.1, -0.05) is 22.9 Å². The van der Waals surface area contributed by atoms with Crippen molar-refractivity contribution in [3.8, 4) is 0 Å². The lowest BCUT2D eigenvalue weighted by molar-refractivity contribution is 0.102. The van der Waals surface area contributed by atoms with Gasteiger partial charge in [-0.15, -0.1) is 0 Å². The van der Waals surface area contributed by atoms with Crippen molar-refractivity contribution in [2.45, 2.75) is 0 Å². The van der Waals surface area contributed by atoms with Gasteiger partial charge in [-0.25, -0.2) is 4.98 Å². The summed E-state index contributed by atoms with van der Waals surface area (Å²) in [5, 5.41) is 3.11. The van der Waals surface area contributed by atoms with Crippen molar-refractivity contribution in [1.82, 2.24) is 9.97 Å². The molecule has 72 valence electrons. The number of H-pyrrole nitrogens is 1. The average molecular weight is 228 g/mol. The number of anilines is 1. The Balaban J connectivity index is 2.09. The van der Waals surface area contributed by atoms with Crippen LogP contribution in [0.15, 0.2) is 24.5 Å². The molecule has 6 heteroatoms. The van der Waals surface area contributed by atoms with Gasteiger partial charge in [-0.2, -0.15) is 0 Å². The van der Waals surface area contributed by atoms with Crippen molar-refractivity contribution >= 4 is 34.0 Å². The summed E-state index contributed by atoms with van der Waals surface area (Å²) < 4.78 is 0.548. The molecule has 0 saturated carbocycles. The van der Waals surface area contributed by atoms with Crippen molar-refractivity contribution in [3.63, 3.8) is 0 Å². The second-order valence-electron chi connectivity index (χ2n) is 2.51. The Labute approximate surface area is 88.9 Å². The second-order valence-corrected chi connectivity index (χ2v) is 4.17. The zero-order chi connectivity index (χ0) is 9.97. The Bertz CT molecular complexity index is 437. The Kier molecular flexibility index (Phi) is 2.51. The molecule has 2 aromatic rings. The first-order valence-corrected chi connectivity index (χ1v) is 5.01. The third-order valence-corrected chi connectivity index (χ3v) is 2.57. The van der Waals surface area contributed by atoms with Crippen LogP contribution in [0.2, 0.25) is 4.34 Å². The number of nitrogens with zero attached hydrogens (tertiary/aromatic N) is 1. The summed E-state index contributed by atoms with van der Waals surface area (Å²) in [6, 6.07) is 3.44. The van der Waals surface area contributed by atoms with E-state index in [1.807, 2.05) is 0 Å². The summed E-state index contributed by atoms with van der Waals surface area (Å²) in [5.74, 6) is -0.221. The number of aromatic amines is 1. The monoisotopic (exact) mass is 227 g/mol. The molecule has 0 fully saturated rings. The van der Waals surface area contributed by atoms with Crippen molar-refractivity contribution in [2.75, 3.05) is 5.32 Å². The van der Waals surface area contributed by atoms with E-state index in [4.69, 9.17) is 11.6 Å². The maximum atomic E-state index is 11.5. The van der Waals surface area contributed by atoms with Crippen molar-refractivity contribution in [3.05, 3.63) is 34.6 Å². The van der Waals surface area contributed by atoms with E-state index in [0.29, 0.717) is 15.2 Å². The lowest BCUT2D eigenvalue weighted by Crippen LogP contribution is -2.11. The number of nitrogens with one attached hydrogen (secondary N) is 2. The SMILES string of the molecule is O=C(Nc1ncc(Cl)s1)c1ccc[nH]1. The highest BCUT2D eigenvalue weighted by atomic mass is 35.5. The third-order valence-electron chi connectivity index (χ3n) is 1.54. The number of thiazole rings is 1. The minimum Gasteiger partial charge on any atom is -0.357 e. The number of hydrogen-bond acceptors (Lipinski definition) is 3. The van der Waals surface area contributed by atoms with E-state index in [0.717, 1.165) is 0 Å². The van der Waals surface area contributed by atoms with Crippen molar-refractivity contribution in [2.24, 2.45) is 0 Å². The van der Waals surface area contributed by atoms with Crippen LogP contribution in [0.3, 0.4) is 0 Å². The second kappa shape index (κ2) is 3.81. The molecule has 2 N–H and O–H groups in total. The maximum Gasteiger partial charge on any atom is 0.273 e. The lowest BCUT2D eigenvalue weighted by atomic mass is 10.4. The number of halogens is 1. The van der Waals surface area contributed by atoms with Gasteiger partial charge in [0.2, 0.25) is 0 Å². The first-order chi connectivity index (χ1) is 6.75. The molecule has 2 rings (SSSR count). The molecule has 1 amide bonds. The summed E-state index contributed by atoms with van der Waals surface area (Å²) in [5.41, 5.74) is 0.497. The van der Waals surface area contributed by atoms with Crippen LogP contribution in [-0.2, 0) is 0 Å². The molecule has 14 heavy (non-hydrogen) atoms. The Morgan fingerprint density at radius 1 is 1.64 bits per heavy atom.